The number of aromatic nitrogens is 3. The maximum atomic E-state index is 4.37. The van der Waals surface area contributed by atoms with Crippen LogP contribution in [0.2, 0.25) is 0 Å². The van der Waals surface area contributed by atoms with Gasteiger partial charge in [0.1, 0.15) is 0 Å². The first-order chi connectivity index (χ1) is 10.2. The van der Waals surface area contributed by atoms with E-state index in [1.54, 1.807) is 16.0 Å². The Balaban J connectivity index is 0.000000173. The summed E-state index contributed by atoms with van der Waals surface area (Å²) in [4.78, 5) is 4.37. The van der Waals surface area contributed by atoms with Crippen LogP contribution in [-0.4, -0.2) is 21.8 Å². The zero-order valence-electron chi connectivity index (χ0n) is 12.6. The van der Waals surface area contributed by atoms with Gasteiger partial charge in [0, 0.05) is 31.2 Å². The molecule has 2 aromatic heterocycles. The molecule has 0 unspecified atom stereocenters. The van der Waals surface area contributed by atoms with Crippen LogP contribution in [0.4, 0.5) is 5.13 Å². The van der Waals surface area contributed by atoms with E-state index >= 15 is 0 Å². The van der Waals surface area contributed by atoms with Crippen molar-refractivity contribution in [3.63, 3.8) is 0 Å². The summed E-state index contributed by atoms with van der Waals surface area (Å²) < 4.78 is 1.77. The van der Waals surface area contributed by atoms with Gasteiger partial charge in [0.15, 0.2) is 5.13 Å². The normalized spacial score (nSPS) is 9.86. The third-order valence-corrected chi connectivity index (χ3v) is 3.83. The van der Waals surface area contributed by atoms with Crippen LogP contribution in [0.5, 0.6) is 0 Å². The van der Waals surface area contributed by atoms with Gasteiger partial charge in [0.2, 0.25) is 0 Å². The molecule has 110 valence electrons. The van der Waals surface area contributed by atoms with E-state index in [1.807, 2.05) is 37.9 Å². The highest BCUT2D eigenvalue weighted by atomic mass is 32.1. The second-order valence-electron chi connectivity index (χ2n) is 4.53. The average Bonchev–Trinajstić information content (AvgIpc) is 3.17. The number of thiazole rings is 1. The van der Waals surface area contributed by atoms with Crippen molar-refractivity contribution in [1.82, 2.24) is 14.8 Å². The Morgan fingerprint density at radius 2 is 2.00 bits per heavy atom. The van der Waals surface area contributed by atoms with Gasteiger partial charge in [-0.2, -0.15) is 5.10 Å². The predicted octanol–water partition coefficient (Wildman–Crippen LogP) is 3.83. The molecule has 0 saturated carbocycles. The fraction of sp³-hybridized carbons (Fsp3) is 0.250. The SMILES string of the molecule is CCc1ccccc1.CNc1nc(-c2cnn(C)c2)cs1. The third kappa shape index (κ3) is 4.43. The fourth-order valence-corrected chi connectivity index (χ4v) is 2.47. The molecule has 5 heteroatoms. The highest BCUT2D eigenvalue weighted by molar-refractivity contribution is 7.14. The van der Waals surface area contributed by atoms with E-state index in [9.17, 15) is 0 Å². The van der Waals surface area contributed by atoms with Crippen LogP contribution in [0, 0.1) is 0 Å². The summed E-state index contributed by atoms with van der Waals surface area (Å²) in [6.07, 6.45) is 4.91. The zero-order valence-corrected chi connectivity index (χ0v) is 13.4. The van der Waals surface area contributed by atoms with Gasteiger partial charge in [-0.3, -0.25) is 4.68 Å². The Kier molecular flexibility index (Phi) is 5.51. The van der Waals surface area contributed by atoms with Crippen LogP contribution in [0.1, 0.15) is 12.5 Å². The number of nitrogens with one attached hydrogen (secondary N) is 1. The summed E-state index contributed by atoms with van der Waals surface area (Å²) in [5, 5.41) is 10.0. The van der Waals surface area contributed by atoms with Crippen molar-refractivity contribution in [3.05, 3.63) is 53.7 Å². The molecule has 3 aromatic rings. The summed E-state index contributed by atoms with van der Waals surface area (Å²) in [5.41, 5.74) is 3.44. The van der Waals surface area contributed by atoms with Crippen LogP contribution >= 0.6 is 11.3 Å². The molecule has 0 spiro atoms. The molecule has 0 aliphatic rings. The van der Waals surface area contributed by atoms with Gasteiger partial charge < -0.3 is 5.32 Å². The maximum Gasteiger partial charge on any atom is 0.182 e. The molecule has 1 N–H and O–H groups in total. The molecule has 21 heavy (non-hydrogen) atoms. The number of rotatable bonds is 3. The van der Waals surface area contributed by atoms with Crippen LogP contribution in [0.15, 0.2) is 48.1 Å². The lowest BCUT2D eigenvalue weighted by Gasteiger charge is -1.89. The highest BCUT2D eigenvalue weighted by Gasteiger charge is 2.04. The number of hydrogen-bond acceptors (Lipinski definition) is 4. The Hall–Kier alpha value is -2.14. The summed E-state index contributed by atoms with van der Waals surface area (Å²) in [6.45, 7) is 2.16. The van der Waals surface area contributed by atoms with Crippen molar-refractivity contribution >= 4 is 16.5 Å². The van der Waals surface area contributed by atoms with Gasteiger partial charge in [-0.1, -0.05) is 37.3 Å². The van der Waals surface area contributed by atoms with E-state index in [1.165, 1.54) is 5.56 Å². The standard InChI is InChI=1S/C8H10N4S.C8H10/c1-9-8-11-7(5-13-8)6-3-10-12(2)4-6;1-2-8-6-4-3-5-7-8/h3-5H,1-2H3,(H,9,11);3-7H,2H2,1H3. The van der Waals surface area contributed by atoms with Gasteiger partial charge in [-0.25, -0.2) is 4.98 Å². The van der Waals surface area contributed by atoms with E-state index in [0.29, 0.717) is 0 Å². The molecule has 0 aliphatic heterocycles. The van der Waals surface area contributed by atoms with Crippen molar-refractivity contribution in [1.29, 1.82) is 0 Å². The lowest BCUT2D eigenvalue weighted by atomic mass is 10.2. The van der Waals surface area contributed by atoms with Crippen LogP contribution < -0.4 is 5.32 Å². The molecule has 0 saturated heterocycles. The second-order valence-corrected chi connectivity index (χ2v) is 5.39. The Bertz CT molecular complexity index is 658. The second kappa shape index (κ2) is 7.59. The molecule has 0 atom stereocenters. The highest BCUT2D eigenvalue weighted by Crippen LogP contribution is 2.23. The summed E-state index contributed by atoms with van der Waals surface area (Å²) in [6, 6.07) is 10.5. The van der Waals surface area contributed by atoms with Gasteiger partial charge in [-0.15, -0.1) is 11.3 Å². The molecular formula is C16H20N4S. The molecule has 0 bridgehead atoms. The molecular weight excluding hydrogens is 280 g/mol. The summed E-state index contributed by atoms with van der Waals surface area (Å²) in [7, 11) is 3.76. The van der Waals surface area contributed by atoms with Gasteiger partial charge >= 0.3 is 0 Å². The maximum absolute atomic E-state index is 4.37. The molecule has 0 fully saturated rings. The Morgan fingerprint density at radius 1 is 1.24 bits per heavy atom. The Morgan fingerprint density at radius 3 is 2.48 bits per heavy atom. The van der Waals surface area contributed by atoms with Crippen molar-refractivity contribution in [2.24, 2.45) is 7.05 Å². The topological polar surface area (TPSA) is 42.7 Å². The first-order valence-corrected chi connectivity index (χ1v) is 7.77. The minimum atomic E-state index is 0.929. The number of benzene rings is 1. The predicted molar refractivity (Wildman–Crippen MR) is 89.7 cm³/mol. The molecule has 0 amide bonds. The van der Waals surface area contributed by atoms with Crippen LogP contribution in [0.3, 0.4) is 0 Å². The largest absolute Gasteiger partial charge is 0.365 e. The van der Waals surface area contributed by atoms with E-state index in [0.717, 1.165) is 22.8 Å². The summed E-state index contributed by atoms with van der Waals surface area (Å²) >= 11 is 1.59. The molecule has 0 aliphatic carbocycles. The number of aryl methyl sites for hydroxylation is 2. The van der Waals surface area contributed by atoms with Gasteiger partial charge in [0.25, 0.3) is 0 Å². The van der Waals surface area contributed by atoms with Crippen molar-refractivity contribution < 1.29 is 0 Å². The zero-order chi connectivity index (χ0) is 15.1. The molecule has 2 heterocycles. The average molecular weight is 300 g/mol. The lowest BCUT2D eigenvalue weighted by molar-refractivity contribution is 0.768. The van der Waals surface area contributed by atoms with Crippen molar-refractivity contribution in [2.75, 3.05) is 12.4 Å². The van der Waals surface area contributed by atoms with Crippen molar-refractivity contribution in [3.8, 4) is 11.3 Å². The van der Waals surface area contributed by atoms with E-state index in [-0.39, 0.29) is 0 Å². The van der Waals surface area contributed by atoms with E-state index < -0.39 is 0 Å². The van der Waals surface area contributed by atoms with Crippen LogP contribution in [0.25, 0.3) is 11.3 Å². The van der Waals surface area contributed by atoms with E-state index in [4.69, 9.17) is 0 Å². The van der Waals surface area contributed by atoms with Gasteiger partial charge in [-0.05, 0) is 12.0 Å². The first-order valence-electron chi connectivity index (χ1n) is 6.89. The van der Waals surface area contributed by atoms with Gasteiger partial charge in [0.05, 0.1) is 11.9 Å². The number of nitrogens with zero attached hydrogens (tertiary/aromatic N) is 3. The molecule has 4 nitrogen and oxygen atoms in total. The minimum absolute atomic E-state index is 0.929. The minimum Gasteiger partial charge on any atom is -0.365 e. The molecule has 1 aromatic carbocycles. The first kappa shape index (κ1) is 15.3. The summed E-state index contributed by atoms with van der Waals surface area (Å²) in [5.74, 6) is 0. The number of hydrogen-bond donors (Lipinski definition) is 1. The smallest absolute Gasteiger partial charge is 0.182 e. The third-order valence-electron chi connectivity index (χ3n) is 2.97. The lowest BCUT2D eigenvalue weighted by Crippen LogP contribution is -1.85. The molecule has 0 radical (unpaired) electrons. The van der Waals surface area contributed by atoms with Crippen LogP contribution in [-0.2, 0) is 13.5 Å². The number of anilines is 1. The molecule has 3 rings (SSSR count). The monoisotopic (exact) mass is 300 g/mol. The van der Waals surface area contributed by atoms with Crippen molar-refractivity contribution in [2.45, 2.75) is 13.3 Å². The van der Waals surface area contributed by atoms with E-state index in [2.05, 4.69) is 46.6 Å². The quantitative estimate of drug-likeness (QED) is 0.799. The Labute approximate surface area is 129 Å². The fourth-order valence-electron chi connectivity index (χ4n) is 1.79.